The van der Waals surface area contributed by atoms with Gasteiger partial charge in [-0.1, -0.05) is 13.8 Å². The van der Waals surface area contributed by atoms with Crippen LogP contribution in [0.2, 0.25) is 0 Å². The molecule has 0 aromatic carbocycles. The molecule has 0 unspecified atom stereocenters. The molecule has 1 aliphatic carbocycles. The summed E-state index contributed by atoms with van der Waals surface area (Å²) >= 11 is 0. The summed E-state index contributed by atoms with van der Waals surface area (Å²) in [5, 5.41) is 6.71. The highest BCUT2D eigenvalue weighted by Gasteiger charge is 2.21. The summed E-state index contributed by atoms with van der Waals surface area (Å²) in [5.41, 5.74) is 0. The Bertz CT molecular complexity index is 195. The molecule has 1 rings (SSSR count). The molecule has 0 radical (unpaired) electrons. The van der Waals surface area contributed by atoms with Crippen LogP contribution in [-0.4, -0.2) is 50.1 Å². The van der Waals surface area contributed by atoms with Gasteiger partial charge in [0.05, 0.1) is 0 Å². The zero-order valence-electron chi connectivity index (χ0n) is 10.2. The van der Waals surface area contributed by atoms with Crippen LogP contribution in [0, 0.1) is 0 Å². The van der Waals surface area contributed by atoms with Crippen molar-refractivity contribution >= 4 is 5.96 Å². The van der Waals surface area contributed by atoms with Crippen LogP contribution in [0.15, 0.2) is 4.99 Å². The van der Waals surface area contributed by atoms with E-state index in [1.807, 2.05) is 7.05 Å². The van der Waals surface area contributed by atoms with Gasteiger partial charge in [-0.05, 0) is 25.9 Å². The molecule has 0 atom stereocenters. The van der Waals surface area contributed by atoms with Gasteiger partial charge in [-0.25, -0.2) is 0 Å². The van der Waals surface area contributed by atoms with Crippen molar-refractivity contribution < 1.29 is 0 Å². The molecule has 15 heavy (non-hydrogen) atoms. The Morgan fingerprint density at radius 3 is 2.47 bits per heavy atom. The van der Waals surface area contributed by atoms with Crippen LogP contribution in [0.5, 0.6) is 0 Å². The normalized spacial score (nSPS) is 16.9. The minimum atomic E-state index is 0.671. The van der Waals surface area contributed by atoms with Crippen LogP contribution < -0.4 is 10.6 Å². The molecule has 0 spiro atoms. The molecule has 1 fully saturated rings. The van der Waals surface area contributed by atoms with Crippen molar-refractivity contribution in [2.24, 2.45) is 4.99 Å². The zero-order valence-corrected chi connectivity index (χ0v) is 10.2. The predicted molar refractivity (Wildman–Crippen MR) is 65.3 cm³/mol. The lowest BCUT2D eigenvalue weighted by Gasteiger charge is -2.19. The second kappa shape index (κ2) is 6.67. The fourth-order valence-corrected chi connectivity index (χ4v) is 1.49. The molecule has 1 aliphatic rings. The largest absolute Gasteiger partial charge is 0.355 e. The summed E-state index contributed by atoms with van der Waals surface area (Å²) < 4.78 is 0. The van der Waals surface area contributed by atoms with E-state index in [-0.39, 0.29) is 0 Å². The van der Waals surface area contributed by atoms with Crippen LogP contribution in [-0.2, 0) is 0 Å². The van der Waals surface area contributed by atoms with Crippen molar-refractivity contribution in [1.29, 1.82) is 0 Å². The van der Waals surface area contributed by atoms with E-state index in [0.29, 0.717) is 6.04 Å². The first kappa shape index (κ1) is 12.3. The lowest BCUT2D eigenvalue weighted by Crippen LogP contribution is -2.42. The predicted octanol–water partition coefficient (Wildman–Crippen LogP) is 0.656. The van der Waals surface area contributed by atoms with E-state index in [4.69, 9.17) is 0 Å². The van der Waals surface area contributed by atoms with Crippen molar-refractivity contribution in [2.75, 3.05) is 33.2 Å². The molecule has 0 heterocycles. The van der Waals surface area contributed by atoms with Gasteiger partial charge in [0.2, 0.25) is 0 Å². The number of nitrogens with one attached hydrogen (secondary N) is 2. The molecule has 0 bridgehead atoms. The van der Waals surface area contributed by atoms with Crippen molar-refractivity contribution in [2.45, 2.75) is 32.7 Å². The summed E-state index contributed by atoms with van der Waals surface area (Å²) in [6.07, 6.45) is 2.58. The van der Waals surface area contributed by atoms with Crippen molar-refractivity contribution in [3.63, 3.8) is 0 Å². The summed E-state index contributed by atoms with van der Waals surface area (Å²) in [5.74, 6) is 0.949. The van der Waals surface area contributed by atoms with Crippen molar-refractivity contribution in [3.8, 4) is 0 Å². The Kier molecular flexibility index (Phi) is 5.47. The van der Waals surface area contributed by atoms with Gasteiger partial charge in [0.1, 0.15) is 0 Å². The SMILES string of the molecule is CCN(CC)CCNC(=NC)NC1CC1. The van der Waals surface area contributed by atoms with Gasteiger partial charge in [-0.3, -0.25) is 4.99 Å². The van der Waals surface area contributed by atoms with E-state index in [1.54, 1.807) is 0 Å². The van der Waals surface area contributed by atoms with Crippen molar-refractivity contribution in [3.05, 3.63) is 0 Å². The number of rotatable bonds is 6. The molecule has 4 heteroatoms. The lowest BCUT2D eigenvalue weighted by atomic mass is 10.4. The topological polar surface area (TPSA) is 39.7 Å². The number of aliphatic imine (C=N–C) groups is 1. The maximum atomic E-state index is 4.19. The van der Waals surface area contributed by atoms with E-state index in [0.717, 1.165) is 32.1 Å². The van der Waals surface area contributed by atoms with Crippen LogP contribution >= 0.6 is 0 Å². The van der Waals surface area contributed by atoms with Crippen LogP contribution in [0.3, 0.4) is 0 Å². The highest BCUT2D eigenvalue weighted by Crippen LogP contribution is 2.18. The molecule has 4 nitrogen and oxygen atoms in total. The van der Waals surface area contributed by atoms with E-state index >= 15 is 0 Å². The van der Waals surface area contributed by atoms with Crippen molar-refractivity contribution in [1.82, 2.24) is 15.5 Å². The van der Waals surface area contributed by atoms with E-state index in [2.05, 4.69) is 34.4 Å². The molecule has 0 aromatic heterocycles. The first-order valence-electron chi connectivity index (χ1n) is 5.99. The second-order valence-electron chi connectivity index (χ2n) is 3.94. The van der Waals surface area contributed by atoms with Crippen LogP contribution in [0.1, 0.15) is 26.7 Å². The average molecular weight is 212 g/mol. The van der Waals surface area contributed by atoms with Gasteiger partial charge >= 0.3 is 0 Å². The van der Waals surface area contributed by atoms with Gasteiger partial charge in [0, 0.05) is 26.2 Å². The Labute approximate surface area is 93.1 Å². The summed E-state index contributed by atoms with van der Waals surface area (Å²) in [6, 6.07) is 0.671. The van der Waals surface area contributed by atoms with Gasteiger partial charge < -0.3 is 15.5 Å². The maximum absolute atomic E-state index is 4.19. The highest BCUT2D eigenvalue weighted by atomic mass is 15.2. The molecule has 0 saturated heterocycles. The molecule has 0 aliphatic heterocycles. The summed E-state index contributed by atoms with van der Waals surface area (Å²) in [6.45, 7) is 8.67. The third-order valence-electron chi connectivity index (χ3n) is 2.76. The van der Waals surface area contributed by atoms with Gasteiger partial charge in [-0.2, -0.15) is 0 Å². The second-order valence-corrected chi connectivity index (χ2v) is 3.94. The quantitative estimate of drug-likeness (QED) is 0.502. The van der Waals surface area contributed by atoms with Gasteiger partial charge in [0.25, 0.3) is 0 Å². The van der Waals surface area contributed by atoms with E-state index in [1.165, 1.54) is 12.8 Å². The van der Waals surface area contributed by atoms with Crippen LogP contribution in [0.25, 0.3) is 0 Å². The number of hydrogen-bond acceptors (Lipinski definition) is 2. The monoisotopic (exact) mass is 212 g/mol. The molecule has 1 saturated carbocycles. The molecule has 88 valence electrons. The first-order chi connectivity index (χ1) is 7.30. The number of likely N-dealkylation sites (N-methyl/N-ethyl adjacent to an activating group) is 1. The fraction of sp³-hybridized carbons (Fsp3) is 0.909. The number of nitrogens with zero attached hydrogens (tertiary/aromatic N) is 2. The zero-order chi connectivity index (χ0) is 11.1. The molecular formula is C11H24N4. The van der Waals surface area contributed by atoms with Gasteiger partial charge in [-0.15, -0.1) is 0 Å². The Hall–Kier alpha value is -0.770. The number of guanidine groups is 1. The summed E-state index contributed by atoms with van der Waals surface area (Å²) in [7, 11) is 1.83. The summed E-state index contributed by atoms with van der Waals surface area (Å²) in [4.78, 5) is 6.59. The van der Waals surface area contributed by atoms with Crippen LogP contribution in [0.4, 0.5) is 0 Å². The minimum Gasteiger partial charge on any atom is -0.355 e. The molecule has 2 N–H and O–H groups in total. The molecule has 0 aromatic rings. The number of hydrogen-bond donors (Lipinski definition) is 2. The maximum Gasteiger partial charge on any atom is 0.191 e. The molecular weight excluding hydrogens is 188 g/mol. The minimum absolute atomic E-state index is 0.671. The van der Waals surface area contributed by atoms with Gasteiger partial charge in [0.15, 0.2) is 5.96 Å². The van der Waals surface area contributed by atoms with E-state index < -0.39 is 0 Å². The fourth-order valence-electron chi connectivity index (χ4n) is 1.49. The third-order valence-corrected chi connectivity index (χ3v) is 2.76. The van der Waals surface area contributed by atoms with E-state index in [9.17, 15) is 0 Å². The third kappa shape index (κ3) is 5.02. The standard InChI is InChI=1S/C11H24N4/c1-4-15(5-2)9-8-13-11(12-3)14-10-6-7-10/h10H,4-9H2,1-3H3,(H2,12,13,14). The Morgan fingerprint density at radius 2 is 2.00 bits per heavy atom. The smallest absolute Gasteiger partial charge is 0.191 e. The lowest BCUT2D eigenvalue weighted by molar-refractivity contribution is 0.308. The Balaban J connectivity index is 2.10. The highest BCUT2D eigenvalue weighted by molar-refractivity contribution is 5.80. The molecule has 0 amide bonds. The average Bonchev–Trinajstić information content (AvgIpc) is 3.06. The Morgan fingerprint density at radius 1 is 1.33 bits per heavy atom. The first-order valence-corrected chi connectivity index (χ1v) is 5.99.